The molecule has 150 valence electrons. The van der Waals surface area contributed by atoms with Gasteiger partial charge in [0.15, 0.2) is 11.5 Å². The minimum absolute atomic E-state index is 0.160. The topological polar surface area (TPSA) is 94.2 Å². The Labute approximate surface area is 167 Å². The van der Waals surface area contributed by atoms with Crippen molar-refractivity contribution in [2.45, 2.75) is 19.5 Å². The van der Waals surface area contributed by atoms with Crippen LogP contribution in [0.2, 0.25) is 0 Å². The zero-order chi connectivity index (χ0) is 20.1. The molecule has 29 heavy (non-hydrogen) atoms. The third kappa shape index (κ3) is 4.60. The number of nitrogens with zero attached hydrogens (tertiary/aromatic N) is 1. The van der Waals surface area contributed by atoms with Crippen molar-refractivity contribution in [3.63, 3.8) is 0 Å². The smallest absolute Gasteiger partial charge is 0.257 e. The SMILES string of the molecule is O=C(CCN(Cc1ccco1)C(=O)c1ccoc1)NCc1ccc2c(c1)OCO2. The van der Waals surface area contributed by atoms with Crippen molar-refractivity contribution in [2.24, 2.45) is 0 Å². The van der Waals surface area contributed by atoms with Crippen molar-refractivity contribution in [2.75, 3.05) is 13.3 Å². The number of hydrogen-bond donors (Lipinski definition) is 1. The van der Waals surface area contributed by atoms with Gasteiger partial charge in [-0.1, -0.05) is 6.07 Å². The van der Waals surface area contributed by atoms with Crippen LogP contribution in [0.4, 0.5) is 0 Å². The summed E-state index contributed by atoms with van der Waals surface area (Å²) >= 11 is 0. The van der Waals surface area contributed by atoms with Gasteiger partial charge in [0.05, 0.1) is 24.6 Å². The summed E-state index contributed by atoms with van der Waals surface area (Å²) in [4.78, 5) is 26.6. The first-order chi connectivity index (χ1) is 14.2. The third-order valence-electron chi connectivity index (χ3n) is 4.52. The standard InChI is InChI=1S/C21H20N2O6/c24-20(22-11-15-3-4-18-19(10-15)29-14-28-18)5-7-23(12-17-2-1-8-27-17)21(25)16-6-9-26-13-16/h1-4,6,8-10,13H,5,7,11-12,14H2,(H,22,24). The summed E-state index contributed by atoms with van der Waals surface area (Å²) in [7, 11) is 0. The predicted octanol–water partition coefficient (Wildman–Crippen LogP) is 2.95. The van der Waals surface area contributed by atoms with E-state index in [1.54, 1.807) is 29.4 Å². The van der Waals surface area contributed by atoms with Crippen LogP contribution in [-0.2, 0) is 17.9 Å². The number of ether oxygens (including phenoxy) is 2. The number of benzene rings is 1. The minimum atomic E-state index is -0.223. The van der Waals surface area contributed by atoms with E-state index in [0.29, 0.717) is 29.4 Å². The number of fused-ring (bicyclic) bond motifs is 1. The highest BCUT2D eigenvalue weighted by molar-refractivity contribution is 5.94. The molecule has 3 heterocycles. The lowest BCUT2D eigenvalue weighted by Crippen LogP contribution is -2.34. The summed E-state index contributed by atoms with van der Waals surface area (Å²) in [5, 5.41) is 2.86. The van der Waals surface area contributed by atoms with E-state index in [1.165, 1.54) is 12.5 Å². The normalized spacial score (nSPS) is 12.0. The monoisotopic (exact) mass is 396 g/mol. The third-order valence-corrected chi connectivity index (χ3v) is 4.52. The van der Waals surface area contributed by atoms with Crippen molar-refractivity contribution in [1.29, 1.82) is 0 Å². The Morgan fingerprint density at radius 2 is 1.97 bits per heavy atom. The molecule has 8 nitrogen and oxygen atoms in total. The van der Waals surface area contributed by atoms with Crippen LogP contribution in [0.1, 0.15) is 28.1 Å². The Hall–Kier alpha value is -3.68. The Kier molecular flexibility index (Phi) is 5.51. The molecule has 4 rings (SSSR count). The van der Waals surface area contributed by atoms with Crippen molar-refractivity contribution < 1.29 is 27.9 Å². The maximum atomic E-state index is 12.7. The Balaban J connectivity index is 1.32. The highest BCUT2D eigenvalue weighted by Gasteiger charge is 2.19. The molecule has 3 aromatic rings. The van der Waals surface area contributed by atoms with Crippen LogP contribution in [-0.4, -0.2) is 30.1 Å². The second-order valence-corrected chi connectivity index (χ2v) is 6.53. The first kappa shape index (κ1) is 18.7. The molecule has 0 spiro atoms. The molecule has 1 aliphatic heterocycles. The van der Waals surface area contributed by atoms with E-state index in [4.69, 9.17) is 18.3 Å². The van der Waals surface area contributed by atoms with Gasteiger partial charge in [0, 0.05) is 19.5 Å². The molecule has 2 aromatic heterocycles. The van der Waals surface area contributed by atoms with E-state index in [-0.39, 0.29) is 38.1 Å². The zero-order valence-corrected chi connectivity index (χ0v) is 15.6. The molecular weight excluding hydrogens is 376 g/mol. The maximum absolute atomic E-state index is 12.7. The summed E-state index contributed by atoms with van der Waals surface area (Å²) in [6.45, 7) is 1.09. The van der Waals surface area contributed by atoms with Gasteiger partial charge in [-0.05, 0) is 35.9 Å². The minimum Gasteiger partial charge on any atom is -0.472 e. The second kappa shape index (κ2) is 8.55. The molecule has 0 radical (unpaired) electrons. The van der Waals surface area contributed by atoms with Crippen molar-refractivity contribution in [1.82, 2.24) is 10.2 Å². The molecule has 1 aliphatic rings. The highest BCUT2D eigenvalue weighted by Crippen LogP contribution is 2.32. The van der Waals surface area contributed by atoms with E-state index < -0.39 is 0 Å². The number of hydrogen-bond acceptors (Lipinski definition) is 6. The number of amides is 2. The molecule has 0 saturated carbocycles. The molecule has 0 fully saturated rings. The second-order valence-electron chi connectivity index (χ2n) is 6.53. The van der Waals surface area contributed by atoms with Gasteiger partial charge in [0.25, 0.3) is 5.91 Å². The van der Waals surface area contributed by atoms with E-state index in [9.17, 15) is 9.59 Å². The summed E-state index contributed by atoms with van der Waals surface area (Å²) in [5.41, 5.74) is 1.34. The average Bonchev–Trinajstić information content (AvgIpc) is 3.50. The molecular formula is C21H20N2O6. The van der Waals surface area contributed by atoms with E-state index in [1.807, 2.05) is 18.2 Å². The van der Waals surface area contributed by atoms with Crippen LogP contribution >= 0.6 is 0 Å². The van der Waals surface area contributed by atoms with Gasteiger partial charge in [-0.3, -0.25) is 9.59 Å². The van der Waals surface area contributed by atoms with Crippen molar-refractivity contribution in [3.8, 4) is 11.5 Å². The maximum Gasteiger partial charge on any atom is 0.257 e. The Bertz CT molecular complexity index is 965. The summed E-state index contributed by atoms with van der Waals surface area (Å²) < 4.78 is 21.0. The number of nitrogens with one attached hydrogen (secondary N) is 1. The van der Waals surface area contributed by atoms with Crippen LogP contribution < -0.4 is 14.8 Å². The van der Waals surface area contributed by atoms with Crippen LogP contribution in [0, 0.1) is 0 Å². The zero-order valence-electron chi connectivity index (χ0n) is 15.6. The van der Waals surface area contributed by atoms with Gasteiger partial charge in [0.2, 0.25) is 12.7 Å². The fraction of sp³-hybridized carbons (Fsp3) is 0.238. The summed E-state index contributed by atoms with van der Waals surface area (Å²) in [6, 6.07) is 10.7. The molecule has 2 amide bonds. The first-order valence-corrected chi connectivity index (χ1v) is 9.18. The highest BCUT2D eigenvalue weighted by atomic mass is 16.7. The van der Waals surface area contributed by atoms with E-state index >= 15 is 0 Å². The van der Waals surface area contributed by atoms with Gasteiger partial charge in [-0.25, -0.2) is 0 Å². The number of rotatable bonds is 8. The number of furan rings is 2. The number of carbonyl (C=O) groups is 2. The molecule has 8 heteroatoms. The molecule has 0 bridgehead atoms. The summed E-state index contributed by atoms with van der Waals surface area (Å²) in [6.07, 6.45) is 4.54. The lowest BCUT2D eigenvalue weighted by Gasteiger charge is -2.21. The van der Waals surface area contributed by atoms with Gasteiger partial charge >= 0.3 is 0 Å². The fourth-order valence-corrected chi connectivity index (χ4v) is 2.99. The van der Waals surface area contributed by atoms with Crippen molar-refractivity contribution in [3.05, 3.63) is 72.1 Å². The first-order valence-electron chi connectivity index (χ1n) is 9.18. The molecule has 1 N–H and O–H groups in total. The van der Waals surface area contributed by atoms with Crippen molar-refractivity contribution >= 4 is 11.8 Å². The quantitative estimate of drug-likeness (QED) is 0.629. The van der Waals surface area contributed by atoms with Gasteiger partial charge in [0.1, 0.15) is 12.0 Å². The molecule has 1 aromatic carbocycles. The molecule has 0 atom stereocenters. The average molecular weight is 396 g/mol. The molecule has 0 unspecified atom stereocenters. The summed E-state index contributed by atoms with van der Waals surface area (Å²) in [5.74, 6) is 1.63. The van der Waals surface area contributed by atoms with Crippen LogP contribution in [0.3, 0.4) is 0 Å². The van der Waals surface area contributed by atoms with Crippen LogP contribution in [0.15, 0.2) is 64.0 Å². The van der Waals surface area contributed by atoms with E-state index in [0.717, 1.165) is 5.56 Å². The molecule has 0 saturated heterocycles. The van der Waals surface area contributed by atoms with E-state index in [2.05, 4.69) is 5.32 Å². The van der Waals surface area contributed by atoms with Gasteiger partial charge < -0.3 is 28.5 Å². The Morgan fingerprint density at radius 3 is 2.76 bits per heavy atom. The molecule has 0 aliphatic carbocycles. The Morgan fingerprint density at radius 1 is 1.07 bits per heavy atom. The predicted molar refractivity (Wildman–Crippen MR) is 101 cm³/mol. The van der Waals surface area contributed by atoms with Crippen LogP contribution in [0.25, 0.3) is 0 Å². The van der Waals surface area contributed by atoms with Crippen LogP contribution in [0.5, 0.6) is 11.5 Å². The lowest BCUT2D eigenvalue weighted by atomic mass is 10.2. The van der Waals surface area contributed by atoms with Gasteiger partial charge in [-0.15, -0.1) is 0 Å². The fourth-order valence-electron chi connectivity index (χ4n) is 2.99. The lowest BCUT2D eigenvalue weighted by molar-refractivity contribution is -0.121. The largest absolute Gasteiger partial charge is 0.472 e. The number of carbonyl (C=O) groups excluding carboxylic acids is 2. The van der Waals surface area contributed by atoms with Gasteiger partial charge in [-0.2, -0.15) is 0 Å².